The number of rotatable bonds is 4. The van der Waals surface area contributed by atoms with Crippen LogP contribution in [0.15, 0.2) is 16.9 Å². The van der Waals surface area contributed by atoms with Crippen molar-refractivity contribution in [3.05, 3.63) is 24.1 Å². The average molecular weight is 249 g/mol. The molecule has 0 amide bonds. The zero-order chi connectivity index (χ0) is 12.6. The standard InChI is InChI=1S/C11H15N5O2/c1-17-11(3-2-4-11)10-14-9(18-15-10)7-16-6-8(12)5-13-16/h5-6H,2-4,7,12H2,1H3. The Morgan fingerprint density at radius 2 is 2.39 bits per heavy atom. The Kier molecular flexibility index (Phi) is 2.55. The quantitative estimate of drug-likeness (QED) is 0.866. The van der Waals surface area contributed by atoms with E-state index in [1.165, 1.54) is 0 Å². The Bertz CT molecular complexity index is 538. The molecule has 7 nitrogen and oxygen atoms in total. The number of ether oxygens (including phenoxy) is 1. The molecule has 2 aromatic rings. The smallest absolute Gasteiger partial charge is 0.248 e. The number of nitrogens with two attached hydrogens (primary N) is 1. The van der Waals surface area contributed by atoms with Crippen molar-refractivity contribution >= 4 is 5.69 Å². The molecular formula is C11H15N5O2. The topological polar surface area (TPSA) is 92.0 Å². The SMILES string of the molecule is COC1(c2noc(Cn3cc(N)cn3)n2)CCC1. The van der Waals surface area contributed by atoms with Gasteiger partial charge in [-0.2, -0.15) is 10.1 Å². The van der Waals surface area contributed by atoms with Crippen molar-refractivity contribution in [1.82, 2.24) is 19.9 Å². The molecule has 0 unspecified atom stereocenters. The fraction of sp³-hybridized carbons (Fsp3) is 0.545. The van der Waals surface area contributed by atoms with Crippen LogP contribution in [-0.2, 0) is 16.9 Å². The van der Waals surface area contributed by atoms with Crippen molar-refractivity contribution in [1.29, 1.82) is 0 Å². The van der Waals surface area contributed by atoms with Crippen molar-refractivity contribution in [3.63, 3.8) is 0 Å². The van der Waals surface area contributed by atoms with Gasteiger partial charge in [0.15, 0.2) is 0 Å². The van der Waals surface area contributed by atoms with Gasteiger partial charge in [-0.25, -0.2) is 0 Å². The fourth-order valence-electron chi connectivity index (χ4n) is 2.13. The van der Waals surface area contributed by atoms with E-state index in [9.17, 15) is 0 Å². The van der Waals surface area contributed by atoms with Gasteiger partial charge in [-0.05, 0) is 19.3 Å². The number of anilines is 1. The van der Waals surface area contributed by atoms with Crippen molar-refractivity contribution in [2.24, 2.45) is 0 Å². The maximum absolute atomic E-state index is 5.59. The van der Waals surface area contributed by atoms with Gasteiger partial charge >= 0.3 is 0 Å². The molecule has 0 bridgehead atoms. The summed E-state index contributed by atoms with van der Waals surface area (Å²) in [6, 6.07) is 0. The van der Waals surface area contributed by atoms with E-state index in [-0.39, 0.29) is 5.60 Å². The summed E-state index contributed by atoms with van der Waals surface area (Å²) < 4.78 is 12.4. The van der Waals surface area contributed by atoms with E-state index in [2.05, 4.69) is 15.2 Å². The maximum Gasteiger partial charge on any atom is 0.248 e. The molecule has 1 saturated carbocycles. The molecule has 1 aliphatic carbocycles. The van der Waals surface area contributed by atoms with E-state index in [0.717, 1.165) is 19.3 Å². The highest BCUT2D eigenvalue weighted by atomic mass is 16.5. The van der Waals surface area contributed by atoms with Crippen molar-refractivity contribution < 1.29 is 9.26 Å². The molecule has 2 heterocycles. The molecule has 0 radical (unpaired) electrons. The molecule has 1 fully saturated rings. The fourth-order valence-corrected chi connectivity index (χ4v) is 2.13. The Morgan fingerprint density at radius 1 is 1.56 bits per heavy atom. The van der Waals surface area contributed by atoms with Crippen molar-refractivity contribution in [2.75, 3.05) is 12.8 Å². The van der Waals surface area contributed by atoms with E-state index in [1.807, 2.05) is 0 Å². The van der Waals surface area contributed by atoms with Gasteiger partial charge in [0.1, 0.15) is 12.1 Å². The summed E-state index contributed by atoms with van der Waals surface area (Å²) in [5, 5.41) is 8.07. The lowest BCUT2D eigenvalue weighted by Crippen LogP contribution is -2.37. The molecule has 2 N–H and O–H groups in total. The van der Waals surface area contributed by atoms with Crippen LogP contribution in [0.1, 0.15) is 31.0 Å². The summed E-state index contributed by atoms with van der Waals surface area (Å²) in [6.45, 7) is 0.421. The minimum absolute atomic E-state index is 0.342. The van der Waals surface area contributed by atoms with Crippen LogP contribution in [0.2, 0.25) is 0 Å². The second-order valence-corrected chi connectivity index (χ2v) is 4.53. The number of aromatic nitrogens is 4. The lowest BCUT2D eigenvalue weighted by atomic mass is 9.79. The van der Waals surface area contributed by atoms with Gasteiger partial charge in [-0.15, -0.1) is 0 Å². The molecule has 0 aliphatic heterocycles. The van der Waals surface area contributed by atoms with Gasteiger partial charge in [-0.1, -0.05) is 5.16 Å². The summed E-state index contributed by atoms with van der Waals surface area (Å²) in [5.74, 6) is 1.14. The summed E-state index contributed by atoms with van der Waals surface area (Å²) in [7, 11) is 1.68. The van der Waals surface area contributed by atoms with Gasteiger partial charge in [0, 0.05) is 13.3 Å². The Morgan fingerprint density at radius 3 is 2.94 bits per heavy atom. The molecule has 3 rings (SSSR count). The van der Waals surface area contributed by atoms with Crippen LogP contribution in [0.5, 0.6) is 0 Å². The van der Waals surface area contributed by atoms with Crippen LogP contribution >= 0.6 is 0 Å². The summed E-state index contributed by atoms with van der Waals surface area (Å²) in [6.07, 6.45) is 6.32. The molecule has 1 aliphatic rings. The number of hydrogen-bond donors (Lipinski definition) is 1. The van der Waals surface area contributed by atoms with Crippen molar-refractivity contribution in [2.45, 2.75) is 31.4 Å². The molecule has 2 aromatic heterocycles. The zero-order valence-corrected chi connectivity index (χ0v) is 10.2. The summed E-state index contributed by atoms with van der Waals surface area (Å²) >= 11 is 0. The zero-order valence-electron chi connectivity index (χ0n) is 10.2. The van der Waals surface area contributed by atoms with Gasteiger partial charge in [0.25, 0.3) is 0 Å². The van der Waals surface area contributed by atoms with Crippen LogP contribution in [0.25, 0.3) is 0 Å². The Hall–Kier alpha value is -1.89. The number of methoxy groups -OCH3 is 1. The first-order valence-electron chi connectivity index (χ1n) is 5.88. The van der Waals surface area contributed by atoms with Crippen molar-refractivity contribution in [3.8, 4) is 0 Å². The maximum atomic E-state index is 5.59. The highest BCUT2D eigenvalue weighted by Gasteiger charge is 2.43. The molecule has 7 heteroatoms. The molecule has 0 spiro atoms. The lowest BCUT2D eigenvalue weighted by Gasteiger charge is -2.37. The molecule has 0 saturated heterocycles. The second-order valence-electron chi connectivity index (χ2n) is 4.53. The summed E-state index contributed by atoms with van der Waals surface area (Å²) in [4.78, 5) is 4.38. The molecule has 18 heavy (non-hydrogen) atoms. The van der Waals surface area contributed by atoms with E-state index >= 15 is 0 Å². The molecule has 0 aromatic carbocycles. The number of nitrogen functional groups attached to an aromatic ring is 1. The Labute approximate surface area is 104 Å². The minimum Gasteiger partial charge on any atom is -0.396 e. The Balaban J connectivity index is 1.77. The van der Waals surface area contributed by atoms with Crippen LogP contribution in [0.3, 0.4) is 0 Å². The normalized spacial score (nSPS) is 17.6. The first-order valence-corrected chi connectivity index (χ1v) is 5.88. The second kappa shape index (κ2) is 4.09. The first-order chi connectivity index (χ1) is 8.72. The highest BCUT2D eigenvalue weighted by Crippen LogP contribution is 2.42. The predicted molar refractivity (Wildman–Crippen MR) is 62.6 cm³/mol. The monoisotopic (exact) mass is 249 g/mol. The highest BCUT2D eigenvalue weighted by molar-refractivity contribution is 5.30. The third kappa shape index (κ3) is 1.76. The minimum atomic E-state index is -0.342. The molecule has 0 atom stereocenters. The van der Waals surface area contributed by atoms with Crippen LogP contribution in [0, 0.1) is 0 Å². The van der Waals surface area contributed by atoms with Gasteiger partial charge in [0.2, 0.25) is 11.7 Å². The average Bonchev–Trinajstić information content (AvgIpc) is 2.89. The van der Waals surface area contributed by atoms with Gasteiger partial charge in [0.05, 0.1) is 11.9 Å². The largest absolute Gasteiger partial charge is 0.396 e. The van der Waals surface area contributed by atoms with E-state index < -0.39 is 0 Å². The third-order valence-electron chi connectivity index (χ3n) is 3.38. The van der Waals surface area contributed by atoms with Crippen LogP contribution in [0.4, 0.5) is 5.69 Å². The summed E-state index contributed by atoms with van der Waals surface area (Å²) in [5.41, 5.74) is 5.86. The number of hydrogen-bond acceptors (Lipinski definition) is 6. The van der Waals surface area contributed by atoms with Gasteiger partial charge < -0.3 is 15.0 Å². The predicted octanol–water partition coefficient (Wildman–Crippen LogP) is 0.922. The van der Waals surface area contributed by atoms with Gasteiger partial charge in [-0.3, -0.25) is 4.68 Å². The lowest BCUT2D eigenvalue weighted by molar-refractivity contribution is -0.0858. The molecule has 96 valence electrons. The van der Waals surface area contributed by atoms with E-state index in [1.54, 1.807) is 24.2 Å². The van der Waals surface area contributed by atoms with Crippen LogP contribution < -0.4 is 5.73 Å². The molecular weight excluding hydrogens is 234 g/mol. The van der Waals surface area contributed by atoms with Crippen LogP contribution in [-0.4, -0.2) is 27.0 Å². The van der Waals surface area contributed by atoms with E-state index in [0.29, 0.717) is 23.9 Å². The third-order valence-corrected chi connectivity index (χ3v) is 3.38. The first kappa shape index (κ1) is 11.2. The van der Waals surface area contributed by atoms with E-state index in [4.69, 9.17) is 15.0 Å². The number of nitrogens with zero attached hydrogens (tertiary/aromatic N) is 4.